The van der Waals surface area contributed by atoms with Crippen molar-refractivity contribution in [3.63, 3.8) is 0 Å². The summed E-state index contributed by atoms with van der Waals surface area (Å²) in [4.78, 5) is 28.1. The molecule has 9 heteroatoms. The molecule has 3 N–H and O–H groups in total. The van der Waals surface area contributed by atoms with Gasteiger partial charge in [0.05, 0.1) is 12.9 Å². The number of carbonyl (C=O) groups excluding carboxylic acids is 1. The lowest BCUT2D eigenvalue weighted by atomic mass is 10.3. The Balaban J connectivity index is 1.44. The van der Waals surface area contributed by atoms with Gasteiger partial charge in [0.15, 0.2) is 11.5 Å². The average molecular weight is 351 g/mol. The van der Waals surface area contributed by atoms with Gasteiger partial charge in [0.2, 0.25) is 11.2 Å². The number of imidazole rings is 1. The Morgan fingerprint density at radius 2 is 2.30 bits per heavy atom. The first-order chi connectivity index (χ1) is 11.2. The molecule has 0 aliphatic carbocycles. The van der Waals surface area contributed by atoms with Crippen LogP contribution in [0.2, 0.25) is 5.28 Å². The smallest absolute Gasteiger partial charge is 0.226 e. The Labute approximate surface area is 141 Å². The second kappa shape index (κ2) is 7.38. The van der Waals surface area contributed by atoms with Gasteiger partial charge < -0.3 is 15.6 Å². The molecule has 0 saturated heterocycles. The molecule has 0 fully saturated rings. The number of H-pyrrole nitrogens is 1. The first-order valence-electron chi connectivity index (χ1n) is 7.12. The molecule has 0 atom stereocenters. The first kappa shape index (κ1) is 15.7. The number of nitrogens with one attached hydrogen (secondary N) is 3. The highest BCUT2D eigenvalue weighted by atomic mass is 35.5. The van der Waals surface area contributed by atoms with Gasteiger partial charge in [-0.25, -0.2) is 4.98 Å². The monoisotopic (exact) mass is 350 g/mol. The van der Waals surface area contributed by atoms with Crippen molar-refractivity contribution in [1.29, 1.82) is 0 Å². The number of rotatable bonds is 7. The number of fused-ring (bicyclic) bond motifs is 1. The molecule has 0 aliphatic heterocycles. The van der Waals surface area contributed by atoms with E-state index in [0.717, 1.165) is 4.88 Å². The molecule has 3 aromatic rings. The lowest BCUT2D eigenvalue weighted by Gasteiger charge is -2.07. The van der Waals surface area contributed by atoms with Crippen molar-refractivity contribution < 1.29 is 4.79 Å². The highest BCUT2D eigenvalue weighted by molar-refractivity contribution is 7.09. The molecule has 0 bridgehead atoms. The summed E-state index contributed by atoms with van der Waals surface area (Å²) < 4.78 is 0. The minimum atomic E-state index is 0.0348. The van der Waals surface area contributed by atoms with Gasteiger partial charge in [-0.05, 0) is 29.5 Å². The zero-order valence-electron chi connectivity index (χ0n) is 12.2. The fourth-order valence-electron chi connectivity index (χ4n) is 2.08. The first-order valence-corrected chi connectivity index (χ1v) is 8.38. The summed E-state index contributed by atoms with van der Waals surface area (Å²) in [6, 6.07) is 3.97. The Kier molecular flexibility index (Phi) is 5.04. The number of anilines is 1. The quantitative estimate of drug-likeness (QED) is 0.449. The maximum atomic E-state index is 11.8. The molecule has 1 amide bonds. The highest BCUT2D eigenvalue weighted by Crippen LogP contribution is 2.18. The maximum absolute atomic E-state index is 11.8. The fraction of sp³-hybridized carbons (Fsp3) is 0.286. The number of carbonyl (C=O) groups is 1. The lowest BCUT2D eigenvalue weighted by Crippen LogP contribution is -2.22. The third-order valence-electron chi connectivity index (χ3n) is 3.17. The lowest BCUT2D eigenvalue weighted by molar-refractivity contribution is -0.121. The van der Waals surface area contributed by atoms with Crippen LogP contribution in [0.1, 0.15) is 17.7 Å². The van der Waals surface area contributed by atoms with Crippen LogP contribution in [-0.4, -0.2) is 32.4 Å². The van der Waals surface area contributed by atoms with Crippen molar-refractivity contribution in [3.8, 4) is 0 Å². The number of thiophene rings is 1. The Bertz CT molecular complexity index is 788. The van der Waals surface area contributed by atoms with E-state index < -0.39 is 0 Å². The number of aromatic amines is 1. The molecule has 3 rings (SSSR count). The average Bonchev–Trinajstić information content (AvgIpc) is 3.20. The number of halogens is 1. The molecule has 120 valence electrons. The molecular formula is C14H15ClN6OS. The molecular weight excluding hydrogens is 336 g/mol. The van der Waals surface area contributed by atoms with Crippen LogP contribution in [0, 0.1) is 0 Å². The Morgan fingerprint density at radius 3 is 3.13 bits per heavy atom. The molecule has 0 spiro atoms. The molecule has 0 aromatic carbocycles. The summed E-state index contributed by atoms with van der Waals surface area (Å²) in [6.45, 7) is 1.19. The Morgan fingerprint density at radius 1 is 1.39 bits per heavy atom. The minimum absolute atomic E-state index is 0.0348. The minimum Gasteiger partial charge on any atom is -0.368 e. The summed E-state index contributed by atoms with van der Waals surface area (Å²) in [5.41, 5.74) is 1.22. The van der Waals surface area contributed by atoms with E-state index in [4.69, 9.17) is 11.6 Å². The molecule has 7 nitrogen and oxygen atoms in total. The van der Waals surface area contributed by atoms with Gasteiger partial charge in [0.25, 0.3) is 0 Å². The van der Waals surface area contributed by atoms with Crippen LogP contribution >= 0.6 is 22.9 Å². The van der Waals surface area contributed by atoms with Crippen molar-refractivity contribution in [2.24, 2.45) is 0 Å². The zero-order valence-corrected chi connectivity index (χ0v) is 13.7. The van der Waals surface area contributed by atoms with E-state index in [0.29, 0.717) is 42.9 Å². The maximum Gasteiger partial charge on any atom is 0.226 e. The normalized spacial score (nSPS) is 10.8. The van der Waals surface area contributed by atoms with Crippen molar-refractivity contribution in [2.45, 2.75) is 19.4 Å². The topological polar surface area (TPSA) is 95.6 Å². The molecule has 0 unspecified atom stereocenters. The molecule has 0 aliphatic rings. The van der Waals surface area contributed by atoms with Gasteiger partial charge in [0, 0.05) is 17.8 Å². The van der Waals surface area contributed by atoms with Gasteiger partial charge in [0.1, 0.15) is 5.52 Å². The van der Waals surface area contributed by atoms with Crippen LogP contribution in [0.25, 0.3) is 11.2 Å². The summed E-state index contributed by atoms with van der Waals surface area (Å²) in [5, 5.41) is 8.19. The molecule has 23 heavy (non-hydrogen) atoms. The number of aromatic nitrogens is 4. The van der Waals surface area contributed by atoms with Crippen LogP contribution < -0.4 is 10.6 Å². The molecule has 0 saturated carbocycles. The van der Waals surface area contributed by atoms with Gasteiger partial charge in [-0.15, -0.1) is 11.3 Å². The van der Waals surface area contributed by atoms with Gasteiger partial charge in [-0.2, -0.15) is 9.97 Å². The summed E-state index contributed by atoms with van der Waals surface area (Å²) >= 11 is 7.49. The van der Waals surface area contributed by atoms with Crippen LogP contribution in [0.4, 0.5) is 5.82 Å². The SMILES string of the molecule is O=C(CCCNc1nc(Cl)nc2nc[nH]c12)NCc1cccs1. The van der Waals surface area contributed by atoms with Crippen molar-refractivity contribution in [2.75, 3.05) is 11.9 Å². The highest BCUT2D eigenvalue weighted by Gasteiger charge is 2.08. The second-order valence-electron chi connectivity index (χ2n) is 4.83. The van der Waals surface area contributed by atoms with Crippen molar-refractivity contribution >= 4 is 45.8 Å². The van der Waals surface area contributed by atoms with E-state index in [-0.39, 0.29) is 11.2 Å². The number of nitrogens with zero attached hydrogens (tertiary/aromatic N) is 3. The van der Waals surface area contributed by atoms with Crippen LogP contribution in [0.3, 0.4) is 0 Å². The van der Waals surface area contributed by atoms with Crippen molar-refractivity contribution in [3.05, 3.63) is 34.0 Å². The number of hydrogen-bond acceptors (Lipinski definition) is 6. The van der Waals surface area contributed by atoms with E-state index in [9.17, 15) is 4.79 Å². The standard InChI is InChI=1S/C14H15ClN6OS/c15-14-20-12(11-13(21-14)19-8-18-11)16-5-1-4-10(22)17-7-9-3-2-6-23-9/h2-3,6,8H,1,4-5,7H2,(H,17,22)(H2,16,18,19,20,21). The van der Waals surface area contributed by atoms with E-state index in [1.54, 1.807) is 17.7 Å². The van der Waals surface area contributed by atoms with Crippen LogP contribution in [-0.2, 0) is 11.3 Å². The zero-order chi connectivity index (χ0) is 16.1. The number of hydrogen-bond donors (Lipinski definition) is 3. The molecule has 3 aromatic heterocycles. The second-order valence-corrected chi connectivity index (χ2v) is 6.20. The summed E-state index contributed by atoms with van der Waals surface area (Å²) in [6.07, 6.45) is 2.68. The molecule has 0 radical (unpaired) electrons. The largest absolute Gasteiger partial charge is 0.368 e. The fourth-order valence-corrected chi connectivity index (χ4v) is 2.89. The number of amides is 1. The van der Waals surface area contributed by atoms with E-state index in [1.807, 2.05) is 17.5 Å². The Hall–Kier alpha value is -2.19. The van der Waals surface area contributed by atoms with Gasteiger partial charge in [-0.1, -0.05) is 6.07 Å². The van der Waals surface area contributed by atoms with E-state index in [1.165, 1.54) is 0 Å². The summed E-state index contributed by atoms with van der Waals surface area (Å²) in [5.74, 6) is 0.629. The predicted octanol–water partition coefficient (Wildman–Crippen LogP) is 2.58. The van der Waals surface area contributed by atoms with E-state index in [2.05, 4.69) is 30.6 Å². The third kappa shape index (κ3) is 4.17. The van der Waals surface area contributed by atoms with Crippen molar-refractivity contribution in [1.82, 2.24) is 25.3 Å². The van der Waals surface area contributed by atoms with Gasteiger partial charge in [-0.3, -0.25) is 4.79 Å². The third-order valence-corrected chi connectivity index (χ3v) is 4.22. The molecule has 3 heterocycles. The predicted molar refractivity (Wildman–Crippen MR) is 90.6 cm³/mol. The van der Waals surface area contributed by atoms with Crippen LogP contribution in [0.15, 0.2) is 23.8 Å². The summed E-state index contributed by atoms with van der Waals surface area (Å²) in [7, 11) is 0. The van der Waals surface area contributed by atoms with Gasteiger partial charge >= 0.3 is 0 Å². The van der Waals surface area contributed by atoms with E-state index >= 15 is 0 Å². The van der Waals surface area contributed by atoms with Crippen LogP contribution in [0.5, 0.6) is 0 Å².